The minimum absolute atomic E-state index is 0.0658. The van der Waals surface area contributed by atoms with Gasteiger partial charge in [-0.3, -0.25) is 0 Å². The summed E-state index contributed by atoms with van der Waals surface area (Å²) >= 11 is 5.82. The summed E-state index contributed by atoms with van der Waals surface area (Å²) in [5.41, 5.74) is 21.0. The van der Waals surface area contributed by atoms with Crippen molar-refractivity contribution in [2.75, 3.05) is 20.2 Å². The Balaban J connectivity index is 2.38. The Bertz CT molecular complexity index is 760. The Morgan fingerprint density at radius 1 is 1.26 bits per heavy atom. The van der Waals surface area contributed by atoms with Gasteiger partial charge in [-0.1, -0.05) is 23.7 Å². The normalized spacial score (nSPS) is 20.3. The number of halogens is 1. The molecular formula is C19H27ClN4O3. The first-order chi connectivity index (χ1) is 12.6. The smallest absolute Gasteiger partial charge is 0.338 e. The van der Waals surface area contributed by atoms with Gasteiger partial charge in [0.25, 0.3) is 0 Å². The van der Waals surface area contributed by atoms with Crippen molar-refractivity contribution in [1.29, 1.82) is 0 Å². The first-order valence-corrected chi connectivity index (χ1v) is 8.99. The number of aryl methyl sites for hydroxylation is 2. The van der Waals surface area contributed by atoms with E-state index in [9.17, 15) is 4.79 Å². The number of morpholine rings is 1. The molecule has 1 fully saturated rings. The third kappa shape index (κ3) is 4.87. The molecule has 0 aliphatic carbocycles. The number of rotatable bonds is 4. The first kappa shape index (κ1) is 20.9. The number of carbonyl (C=O) groups is 1. The van der Waals surface area contributed by atoms with Gasteiger partial charge in [-0.05, 0) is 43.5 Å². The van der Waals surface area contributed by atoms with Crippen LogP contribution in [0.1, 0.15) is 40.1 Å². The Hall–Kier alpha value is -2.38. The molecule has 1 heterocycles. The van der Waals surface area contributed by atoms with E-state index in [-0.39, 0.29) is 29.2 Å². The maximum absolute atomic E-state index is 12.0. The van der Waals surface area contributed by atoms with E-state index < -0.39 is 0 Å². The van der Waals surface area contributed by atoms with E-state index in [0.717, 1.165) is 16.7 Å². The summed E-state index contributed by atoms with van der Waals surface area (Å²) in [6, 6.07) is 3.89. The summed E-state index contributed by atoms with van der Waals surface area (Å²) in [6.07, 6.45) is 1.25. The molecule has 148 valence electrons. The standard InChI is InChI=1S/C19H27ClN4O3/c1-10-5-13(6-11(2)17(10)19(25)26-4)15-9-24(8-12(3)27-15)14(18(22)23)7-16(20)21/h5-7,12,15H,8-9,21-23H2,1-4H3/b16-7-. The van der Waals surface area contributed by atoms with E-state index >= 15 is 0 Å². The number of ether oxygens (including phenoxy) is 2. The number of nitrogens with two attached hydrogens (primary N) is 3. The number of esters is 1. The van der Waals surface area contributed by atoms with E-state index in [1.165, 1.54) is 7.11 Å². The fraction of sp³-hybridized carbons (Fsp3) is 0.421. The van der Waals surface area contributed by atoms with Crippen molar-refractivity contribution in [3.63, 3.8) is 0 Å². The fourth-order valence-electron chi connectivity index (χ4n) is 3.43. The average molecular weight is 395 g/mol. The zero-order valence-corrected chi connectivity index (χ0v) is 16.8. The maximum atomic E-state index is 12.0. The molecule has 0 aromatic heterocycles. The van der Waals surface area contributed by atoms with Gasteiger partial charge in [-0.25, -0.2) is 4.79 Å². The molecule has 1 aromatic carbocycles. The minimum Gasteiger partial charge on any atom is -0.465 e. The Morgan fingerprint density at radius 3 is 2.33 bits per heavy atom. The Kier molecular flexibility index (Phi) is 6.62. The van der Waals surface area contributed by atoms with Gasteiger partial charge in [0.05, 0.1) is 24.5 Å². The average Bonchev–Trinajstić information content (AvgIpc) is 2.57. The second-order valence-corrected chi connectivity index (χ2v) is 7.17. The monoisotopic (exact) mass is 394 g/mol. The zero-order valence-electron chi connectivity index (χ0n) is 16.1. The number of carbonyl (C=O) groups excluding carboxylic acids is 1. The molecule has 2 atom stereocenters. The summed E-state index contributed by atoms with van der Waals surface area (Å²) < 4.78 is 11.0. The van der Waals surface area contributed by atoms with Crippen LogP contribution in [0.15, 0.2) is 34.9 Å². The number of hydrogen-bond donors (Lipinski definition) is 3. The van der Waals surface area contributed by atoms with Crippen LogP contribution in [0.5, 0.6) is 0 Å². The predicted molar refractivity (Wildman–Crippen MR) is 106 cm³/mol. The number of nitrogens with zero attached hydrogens (tertiary/aromatic N) is 1. The quantitative estimate of drug-likeness (QED) is 0.406. The Labute approximate surface area is 164 Å². The van der Waals surface area contributed by atoms with E-state index in [1.54, 1.807) is 6.08 Å². The van der Waals surface area contributed by atoms with Gasteiger partial charge in [0, 0.05) is 13.1 Å². The molecule has 0 radical (unpaired) electrons. The van der Waals surface area contributed by atoms with Gasteiger partial charge in [0.1, 0.15) is 17.1 Å². The highest BCUT2D eigenvalue weighted by atomic mass is 35.5. The van der Waals surface area contributed by atoms with Gasteiger partial charge in [0.15, 0.2) is 0 Å². The number of hydrogen-bond acceptors (Lipinski definition) is 7. The van der Waals surface area contributed by atoms with Crippen LogP contribution < -0.4 is 17.2 Å². The van der Waals surface area contributed by atoms with Gasteiger partial charge in [0.2, 0.25) is 0 Å². The molecule has 1 aromatic rings. The number of methoxy groups -OCH3 is 1. The summed E-state index contributed by atoms with van der Waals surface area (Å²) in [4.78, 5) is 14.0. The van der Waals surface area contributed by atoms with Crippen LogP contribution in [0.3, 0.4) is 0 Å². The lowest BCUT2D eigenvalue weighted by Gasteiger charge is -2.39. The van der Waals surface area contributed by atoms with E-state index in [1.807, 2.05) is 37.8 Å². The van der Waals surface area contributed by atoms with E-state index in [2.05, 4.69) is 0 Å². The van der Waals surface area contributed by atoms with Crippen molar-refractivity contribution in [2.24, 2.45) is 17.2 Å². The lowest BCUT2D eigenvalue weighted by atomic mass is 9.95. The van der Waals surface area contributed by atoms with Gasteiger partial charge in [-0.2, -0.15) is 0 Å². The molecule has 27 heavy (non-hydrogen) atoms. The molecule has 1 saturated heterocycles. The lowest BCUT2D eigenvalue weighted by molar-refractivity contribution is -0.0684. The third-order valence-corrected chi connectivity index (χ3v) is 4.60. The highest BCUT2D eigenvalue weighted by Gasteiger charge is 2.29. The fourth-order valence-corrected chi connectivity index (χ4v) is 3.53. The van der Waals surface area contributed by atoms with Crippen molar-refractivity contribution in [3.8, 4) is 0 Å². The van der Waals surface area contributed by atoms with Crippen LogP contribution >= 0.6 is 11.6 Å². The molecule has 0 amide bonds. The van der Waals surface area contributed by atoms with Crippen LogP contribution in [0.2, 0.25) is 0 Å². The lowest BCUT2D eigenvalue weighted by Crippen LogP contribution is -2.43. The second kappa shape index (κ2) is 8.54. The molecule has 1 aliphatic heterocycles. The van der Waals surface area contributed by atoms with E-state index in [0.29, 0.717) is 24.4 Å². The topological polar surface area (TPSA) is 117 Å². The molecule has 0 saturated carbocycles. The number of allylic oxidation sites excluding steroid dienone is 1. The highest BCUT2D eigenvalue weighted by Crippen LogP contribution is 2.30. The first-order valence-electron chi connectivity index (χ1n) is 8.61. The highest BCUT2D eigenvalue weighted by molar-refractivity contribution is 6.29. The molecule has 8 heteroatoms. The second-order valence-electron chi connectivity index (χ2n) is 6.73. The zero-order chi connectivity index (χ0) is 20.3. The molecule has 7 nitrogen and oxygen atoms in total. The maximum Gasteiger partial charge on any atom is 0.338 e. The van der Waals surface area contributed by atoms with E-state index in [4.69, 9.17) is 38.3 Å². The third-order valence-electron chi connectivity index (χ3n) is 4.49. The van der Waals surface area contributed by atoms with Gasteiger partial charge < -0.3 is 31.6 Å². The van der Waals surface area contributed by atoms with Crippen molar-refractivity contribution < 1.29 is 14.3 Å². The molecule has 0 bridgehead atoms. The summed E-state index contributed by atoms with van der Waals surface area (Å²) in [7, 11) is 1.38. The van der Waals surface area contributed by atoms with Crippen molar-refractivity contribution >= 4 is 17.6 Å². The van der Waals surface area contributed by atoms with Crippen LogP contribution in [-0.4, -0.2) is 37.2 Å². The minimum atomic E-state index is -0.347. The molecule has 6 N–H and O–H groups in total. The van der Waals surface area contributed by atoms with Gasteiger partial charge >= 0.3 is 5.97 Å². The molecule has 2 rings (SSSR count). The Morgan fingerprint density at radius 2 is 1.85 bits per heavy atom. The van der Waals surface area contributed by atoms with Crippen LogP contribution in [0.4, 0.5) is 0 Å². The van der Waals surface area contributed by atoms with Crippen molar-refractivity contribution in [1.82, 2.24) is 4.90 Å². The SMILES string of the molecule is COC(=O)c1c(C)cc(C2CN(C(/C=C(\N)Cl)=C(N)N)CC(C)O2)cc1C. The number of benzene rings is 1. The summed E-state index contributed by atoms with van der Waals surface area (Å²) in [6.45, 7) is 6.86. The van der Waals surface area contributed by atoms with Crippen molar-refractivity contribution in [2.45, 2.75) is 33.0 Å². The van der Waals surface area contributed by atoms with Crippen LogP contribution in [-0.2, 0) is 9.47 Å². The van der Waals surface area contributed by atoms with Gasteiger partial charge in [-0.15, -0.1) is 0 Å². The molecule has 0 spiro atoms. The molecular weight excluding hydrogens is 368 g/mol. The predicted octanol–water partition coefficient (Wildman–Crippen LogP) is 1.98. The summed E-state index contributed by atoms with van der Waals surface area (Å²) in [5, 5.41) is 0.100. The summed E-state index contributed by atoms with van der Waals surface area (Å²) in [5.74, 6) is -0.209. The van der Waals surface area contributed by atoms with Crippen LogP contribution in [0.25, 0.3) is 0 Å². The largest absolute Gasteiger partial charge is 0.465 e. The molecule has 2 unspecified atom stereocenters. The molecule has 1 aliphatic rings. The van der Waals surface area contributed by atoms with Crippen molar-refractivity contribution in [3.05, 3.63) is 57.1 Å². The van der Waals surface area contributed by atoms with Crippen LogP contribution in [0, 0.1) is 13.8 Å².